The van der Waals surface area contributed by atoms with Gasteiger partial charge in [-0.15, -0.1) is 4.40 Å². The number of hydrogen-bond donors (Lipinski definition) is 0. The first-order valence-corrected chi connectivity index (χ1v) is 11.1. The van der Waals surface area contributed by atoms with Crippen LogP contribution in [-0.2, 0) is 16.7 Å². The lowest BCUT2D eigenvalue weighted by atomic mass is 9.55. The molecule has 0 unspecified atom stereocenters. The normalized spacial score (nSPS) is 38.1. The van der Waals surface area contributed by atoms with E-state index >= 15 is 0 Å². The highest BCUT2D eigenvalue weighted by Gasteiger charge is 2.52. The number of nitrogens with zero attached hydrogens (tertiary/aromatic N) is 1. The van der Waals surface area contributed by atoms with Crippen molar-refractivity contribution in [1.29, 1.82) is 0 Å². The van der Waals surface area contributed by atoms with Crippen molar-refractivity contribution in [1.82, 2.24) is 0 Å². The van der Waals surface area contributed by atoms with Crippen LogP contribution < -0.4 is 4.18 Å². The van der Waals surface area contributed by atoms with Crippen molar-refractivity contribution in [3.8, 4) is 5.75 Å². The predicted molar refractivity (Wildman–Crippen MR) is 102 cm³/mol. The second kappa shape index (κ2) is 5.44. The minimum absolute atomic E-state index is 0.389. The third kappa shape index (κ3) is 2.25. The number of hydrogen-bond acceptors (Lipinski definition) is 3. The van der Waals surface area contributed by atoms with Gasteiger partial charge in [0.15, 0.2) is 5.75 Å². The van der Waals surface area contributed by atoms with Gasteiger partial charge in [-0.1, -0.05) is 18.6 Å². The van der Waals surface area contributed by atoms with E-state index in [9.17, 15) is 8.42 Å². The van der Waals surface area contributed by atoms with Gasteiger partial charge < -0.3 is 4.18 Å². The van der Waals surface area contributed by atoms with Crippen molar-refractivity contribution in [2.24, 2.45) is 21.6 Å². The van der Waals surface area contributed by atoms with Gasteiger partial charge in [0.2, 0.25) is 0 Å². The zero-order chi connectivity index (χ0) is 18.1. The van der Waals surface area contributed by atoms with Gasteiger partial charge in [0.05, 0.1) is 6.21 Å². The molecule has 1 heterocycles. The van der Waals surface area contributed by atoms with Gasteiger partial charge in [-0.05, 0) is 91.9 Å². The Kier molecular flexibility index (Phi) is 3.46. The number of fused-ring (bicyclic) bond motifs is 6. The van der Waals surface area contributed by atoms with E-state index in [1.807, 2.05) is 6.07 Å². The Morgan fingerprint density at radius 2 is 2.08 bits per heavy atom. The van der Waals surface area contributed by atoms with Crippen LogP contribution in [0.3, 0.4) is 0 Å². The minimum atomic E-state index is -3.81. The Labute approximate surface area is 155 Å². The molecule has 1 aromatic carbocycles. The SMILES string of the molecule is C/C=C1/CC[C@H]2[C@@H]3CCc4cc5c(cc4[C@H]3CC[C@]12C)C=NS(=O)(=O)O5. The zero-order valence-corrected chi connectivity index (χ0v) is 16.2. The molecular formula is C21H25NO3S. The van der Waals surface area contributed by atoms with Crippen LogP contribution in [0.1, 0.15) is 68.6 Å². The molecule has 2 fully saturated rings. The lowest BCUT2D eigenvalue weighted by Crippen LogP contribution is -2.40. The van der Waals surface area contributed by atoms with Crippen molar-refractivity contribution in [2.45, 2.75) is 58.3 Å². The van der Waals surface area contributed by atoms with E-state index in [1.54, 1.807) is 5.57 Å². The molecule has 0 spiro atoms. The summed E-state index contributed by atoms with van der Waals surface area (Å²) in [5, 5.41) is 0. The number of aryl methyl sites for hydroxylation is 1. The summed E-state index contributed by atoms with van der Waals surface area (Å²) in [5.74, 6) is 2.55. The molecule has 138 valence electrons. The second-order valence-corrected chi connectivity index (χ2v) is 9.79. The lowest BCUT2D eigenvalue weighted by Gasteiger charge is -2.49. The largest absolute Gasteiger partial charge is 0.428 e. The molecule has 1 aromatic rings. The Balaban J connectivity index is 1.54. The molecule has 0 amide bonds. The smallest absolute Gasteiger partial charge is 0.365 e. The van der Waals surface area contributed by atoms with Crippen molar-refractivity contribution in [3.63, 3.8) is 0 Å². The first kappa shape index (κ1) is 16.5. The van der Waals surface area contributed by atoms with E-state index in [2.05, 4.69) is 30.4 Å². The van der Waals surface area contributed by atoms with Crippen LogP contribution in [0.25, 0.3) is 0 Å². The minimum Gasteiger partial charge on any atom is -0.365 e. The van der Waals surface area contributed by atoms with Crippen LogP contribution in [-0.4, -0.2) is 14.6 Å². The number of rotatable bonds is 0. The third-order valence-corrected chi connectivity index (χ3v) is 8.32. The standard InChI is InChI=1S/C21H25NO3S/c1-3-15-5-7-19-17-6-4-13-11-20-14(12-22-26(23,24)25-20)10-18(13)16(17)8-9-21(15,19)2/h3,10-12,16-17,19H,4-9H2,1-2H3/b15-3-/t16-,17+,19-,21+/m0/s1. The molecule has 5 rings (SSSR count). The Morgan fingerprint density at radius 3 is 2.88 bits per heavy atom. The van der Waals surface area contributed by atoms with Crippen LogP contribution >= 0.6 is 0 Å². The average Bonchev–Trinajstić information content (AvgIpc) is 2.95. The second-order valence-electron chi connectivity index (χ2n) is 8.56. The van der Waals surface area contributed by atoms with E-state index in [1.165, 1.54) is 49.4 Å². The predicted octanol–water partition coefficient (Wildman–Crippen LogP) is 4.55. The van der Waals surface area contributed by atoms with E-state index < -0.39 is 10.3 Å². The summed E-state index contributed by atoms with van der Waals surface area (Å²) in [6.45, 7) is 4.69. The molecule has 1 aliphatic heterocycles. The summed E-state index contributed by atoms with van der Waals surface area (Å²) < 4.78 is 31.9. The fraction of sp³-hybridized carbons (Fsp3) is 0.571. The van der Waals surface area contributed by atoms with Gasteiger partial charge >= 0.3 is 10.3 Å². The summed E-state index contributed by atoms with van der Waals surface area (Å²) in [6, 6.07) is 4.09. The average molecular weight is 372 g/mol. The maximum absolute atomic E-state index is 11.6. The maximum atomic E-state index is 11.6. The van der Waals surface area contributed by atoms with Crippen LogP contribution in [0.5, 0.6) is 5.75 Å². The van der Waals surface area contributed by atoms with Crippen molar-refractivity contribution in [2.75, 3.05) is 0 Å². The highest BCUT2D eigenvalue weighted by atomic mass is 32.2. The zero-order valence-electron chi connectivity index (χ0n) is 15.4. The van der Waals surface area contributed by atoms with E-state index in [0.717, 1.165) is 23.8 Å². The first-order valence-electron chi connectivity index (χ1n) is 9.73. The van der Waals surface area contributed by atoms with Crippen LogP contribution in [0.2, 0.25) is 0 Å². The fourth-order valence-electron chi connectivity index (χ4n) is 6.37. The molecule has 0 saturated heterocycles. The quantitative estimate of drug-likeness (QED) is 0.629. The molecule has 4 aliphatic rings. The first-order chi connectivity index (χ1) is 12.4. The van der Waals surface area contributed by atoms with Crippen LogP contribution in [0.4, 0.5) is 0 Å². The molecule has 3 aliphatic carbocycles. The highest BCUT2D eigenvalue weighted by molar-refractivity contribution is 7.86. The molecule has 0 aromatic heterocycles. The summed E-state index contributed by atoms with van der Waals surface area (Å²) in [5.41, 5.74) is 5.53. The molecule has 0 bridgehead atoms. The van der Waals surface area contributed by atoms with Crippen LogP contribution in [0, 0.1) is 17.3 Å². The topological polar surface area (TPSA) is 55.7 Å². The van der Waals surface area contributed by atoms with E-state index in [4.69, 9.17) is 4.18 Å². The van der Waals surface area contributed by atoms with Gasteiger partial charge in [-0.2, -0.15) is 8.42 Å². The molecule has 0 radical (unpaired) electrons. The van der Waals surface area contributed by atoms with Gasteiger partial charge in [-0.3, -0.25) is 0 Å². The number of allylic oxidation sites excluding steroid dienone is 2. The third-order valence-electron chi connectivity index (χ3n) is 7.57. The molecule has 5 heteroatoms. The Hall–Kier alpha value is -1.62. The van der Waals surface area contributed by atoms with Gasteiger partial charge in [0, 0.05) is 5.56 Å². The Morgan fingerprint density at radius 1 is 1.23 bits per heavy atom. The summed E-state index contributed by atoms with van der Waals surface area (Å²) >= 11 is 0. The maximum Gasteiger partial charge on any atom is 0.428 e. The summed E-state index contributed by atoms with van der Waals surface area (Å²) in [6.07, 6.45) is 11.1. The summed E-state index contributed by atoms with van der Waals surface area (Å²) in [4.78, 5) is 0. The summed E-state index contributed by atoms with van der Waals surface area (Å²) in [7, 11) is -3.81. The van der Waals surface area contributed by atoms with Gasteiger partial charge in [0.25, 0.3) is 0 Å². The molecule has 2 saturated carbocycles. The van der Waals surface area contributed by atoms with Crippen molar-refractivity contribution in [3.05, 3.63) is 40.5 Å². The Bertz CT molecular complexity index is 946. The lowest BCUT2D eigenvalue weighted by molar-refractivity contribution is 0.0813. The van der Waals surface area contributed by atoms with Crippen LogP contribution in [0.15, 0.2) is 28.2 Å². The monoisotopic (exact) mass is 371 g/mol. The van der Waals surface area contributed by atoms with Gasteiger partial charge in [-0.25, -0.2) is 0 Å². The van der Waals surface area contributed by atoms with E-state index in [-0.39, 0.29) is 0 Å². The molecular weight excluding hydrogens is 346 g/mol. The van der Waals surface area contributed by atoms with Crippen molar-refractivity contribution >= 4 is 16.5 Å². The number of benzene rings is 1. The van der Waals surface area contributed by atoms with Gasteiger partial charge in [0.1, 0.15) is 0 Å². The van der Waals surface area contributed by atoms with E-state index in [0.29, 0.717) is 17.1 Å². The molecule has 26 heavy (non-hydrogen) atoms. The molecule has 0 N–H and O–H groups in total. The fourth-order valence-corrected chi connectivity index (χ4v) is 7.02. The highest BCUT2D eigenvalue weighted by Crippen LogP contribution is 2.62. The molecule has 4 nitrogen and oxygen atoms in total. The molecule has 4 atom stereocenters. The van der Waals surface area contributed by atoms with Crippen molar-refractivity contribution < 1.29 is 12.6 Å².